The number of fused-ring (bicyclic) bond motifs is 37. The summed E-state index contributed by atoms with van der Waals surface area (Å²) in [6, 6.07) is 141. The maximum atomic E-state index is 5.16. The molecule has 0 amide bonds. The molecule has 0 atom stereocenters. The molecule has 0 unspecified atom stereocenters. The second-order valence-corrected chi connectivity index (χ2v) is 34.7. The van der Waals surface area contributed by atoms with E-state index in [1.165, 1.54) is 93.2 Å². The molecule has 0 saturated carbocycles. The number of para-hydroxylation sites is 11. The van der Waals surface area contributed by atoms with Crippen LogP contribution in [-0.2, 0) is 5.41 Å². The van der Waals surface area contributed by atoms with Crippen molar-refractivity contribution in [2.75, 3.05) is 0 Å². The van der Waals surface area contributed by atoms with Gasteiger partial charge in [-0.3, -0.25) is 32.7 Å². The van der Waals surface area contributed by atoms with Crippen molar-refractivity contribution in [3.63, 3.8) is 0 Å². The summed E-state index contributed by atoms with van der Waals surface area (Å²) < 4.78 is 11.6. The van der Waals surface area contributed by atoms with E-state index in [4.69, 9.17) is 34.9 Å². The maximum absolute atomic E-state index is 5.16. The Morgan fingerprint density at radius 2 is 0.554 bits per heavy atom. The topological polar surface area (TPSA) is 113 Å². The second kappa shape index (κ2) is 28.3. The molecule has 0 N–H and O–H groups in total. The Hall–Kier alpha value is -17.4. The minimum Gasteiger partial charge on any atom is -0.309 e. The van der Waals surface area contributed by atoms with Gasteiger partial charge in [-0.15, -0.1) is 0 Å². The zero-order valence-electron chi connectivity index (χ0n) is 70.6. The summed E-state index contributed by atoms with van der Waals surface area (Å²) in [5.41, 5.74) is 35.8. The van der Waals surface area contributed by atoms with Crippen molar-refractivity contribution in [1.82, 2.24) is 57.2 Å². The van der Waals surface area contributed by atoms with Crippen molar-refractivity contribution < 1.29 is 0 Å². The quantitative estimate of drug-likeness (QED) is 0.152. The van der Waals surface area contributed by atoms with E-state index in [-0.39, 0.29) is 5.41 Å². The van der Waals surface area contributed by atoms with Crippen LogP contribution < -0.4 is 0 Å². The lowest BCUT2D eigenvalue weighted by atomic mass is 9.81. The van der Waals surface area contributed by atoms with Crippen LogP contribution >= 0.6 is 0 Å². The molecule has 0 saturated heterocycles. The Morgan fingerprint density at radius 3 is 1.03 bits per heavy atom. The fraction of sp³-hybridized carbons (Fsp3) is 0.0254. The van der Waals surface area contributed by atoms with Crippen LogP contribution in [0, 0.1) is 0 Å². The lowest BCUT2D eigenvalue weighted by Gasteiger charge is -2.22. The van der Waals surface area contributed by atoms with Crippen molar-refractivity contribution in [2.24, 2.45) is 0 Å². The smallest absolute Gasteiger partial charge is 0.148 e. The molecule has 29 rings (SSSR count). The molecular weight excluding hydrogens is 1590 g/mol. The molecule has 11 aromatic heterocycles. The molecule has 0 fully saturated rings. The molecule has 0 bridgehead atoms. The molecule has 0 spiro atoms. The number of nitrogens with zero attached hydrogens (tertiary/aromatic N) is 12. The van der Waals surface area contributed by atoms with Gasteiger partial charge in [0.25, 0.3) is 0 Å². The van der Waals surface area contributed by atoms with Gasteiger partial charge in [0.2, 0.25) is 0 Å². The summed E-state index contributed by atoms with van der Waals surface area (Å²) in [4.78, 5) is 35.0. The van der Waals surface area contributed by atoms with Crippen molar-refractivity contribution in [3.8, 4) is 67.3 Å². The number of hydrogen-bond acceptors (Lipinski definition) is 7. The van der Waals surface area contributed by atoms with Gasteiger partial charge in [0, 0.05) is 84.0 Å². The van der Waals surface area contributed by atoms with Gasteiger partial charge in [-0.1, -0.05) is 281 Å². The maximum Gasteiger partial charge on any atom is 0.148 e. The Bertz CT molecular complexity index is 9620. The summed E-state index contributed by atoms with van der Waals surface area (Å²) in [5.74, 6) is 0.927. The molecule has 1 aliphatic carbocycles. The van der Waals surface area contributed by atoms with Gasteiger partial charge < -0.3 is 4.57 Å². The molecular formula is C118H74N12. The van der Waals surface area contributed by atoms with E-state index in [2.05, 4.69) is 400 Å². The van der Waals surface area contributed by atoms with Gasteiger partial charge in [-0.25, -0.2) is 19.9 Å². The van der Waals surface area contributed by atoms with E-state index >= 15 is 0 Å². The number of pyridine rings is 6. The van der Waals surface area contributed by atoms with Crippen LogP contribution in [0.5, 0.6) is 0 Å². The highest BCUT2D eigenvalue weighted by Gasteiger charge is 2.36. The number of imidazole rings is 4. The van der Waals surface area contributed by atoms with Crippen molar-refractivity contribution in [3.05, 3.63) is 424 Å². The highest BCUT2D eigenvalue weighted by molar-refractivity contribution is 6.26. The van der Waals surface area contributed by atoms with Crippen LogP contribution in [0.2, 0.25) is 0 Å². The summed E-state index contributed by atoms with van der Waals surface area (Å²) in [6.45, 7) is 4.68. The minimum absolute atomic E-state index is 0.0309. The molecule has 12 heteroatoms. The third kappa shape index (κ3) is 11.0. The van der Waals surface area contributed by atoms with Gasteiger partial charge in [0.15, 0.2) is 0 Å². The van der Waals surface area contributed by atoms with Crippen LogP contribution in [0.15, 0.2) is 413 Å². The molecule has 17 aromatic carbocycles. The zero-order chi connectivity index (χ0) is 85.6. The third-order valence-electron chi connectivity index (χ3n) is 27.3. The average Bonchev–Trinajstić information content (AvgIpc) is 1.46. The molecule has 1 aliphatic rings. The first kappa shape index (κ1) is 73.0. The average molecular weight is 1660 g/mol. The second-order valence-electron chi connectivity index (χ2n) is 34.7. The fourth-order valence-electron chi connectivity index (χ4n) is 21.2. The molecule has 11 heterocycles. The Labute approximate surface area is 743 Å². The standard InChI is InChI=1S/C41H25N5.C40H24N4.C37H25N3/c1-2-10-30(11-3-1)45-35-14-6-4-12-33(35)43-40(45)28-18-16-26(17-19-28)29-21-22-31-32-23-20-27-9-8-24-42-39(27)38(32)41-44-34-13-5-7-15-36(34)46(41)37(31)25-29;1-4-12-34-29(9-1)30-10-2-5-13-35(30)43(34)28-19-15-25(16-20-28)27-18-21-31-32-22-17-26-8-7-23-41-39(26)38(32)40-42-33-11-3-6-14-36(33)44(40)37(31)24-27;1-37(2)29-10-4-3-9-25(29)26-16-14-23(20-30(26)37)24-15-17-27-28-18-13-22-8-7-19-38-35(22)34(28)36-39-31-11-5-6-12-32(31)40(36)33(27)21-24/h1-25H;1-24H;3-21H,1-2H3. The van der Waals surface area contributed by atoms with Crippen LogP contribution in [0.3, 0.4) is 0 Å². The lowest BCUT2D eigenvalue weighted by molar-refractivity contribution is 0.660. The van der Waals surface area contributed by atoms with Crippen molar-refractivity contribution in [1.29, 1.82) is 0 Å². The molecule has 606 valence electrons. The predicted molar refractivity (Wildman–Crippen MR) is 537 cm³/mol. The van der Waals surface area contributed by atoms with E-state index in [0.29, 0.717) is 0 Å². The van der Waals surface area contributed by atoms with Gasteiger partial charge >= 0.3 is 0 Å². The van der Waals surface area contributed by atoms with E-state index in [9.17, 15) is 0 Å². The van der Waals surface area contributed by atoms with E-state index < -0.39 is 0 Å². The van der Waals surface area contributed by atoms with Crippen molar-refractivity contribution >= 4 is 181 Å². The number of benzene rings is 17. The van der Waals surface area contributed by atoms with Gasteiger partial charge in [-0.2, -0.15) is 0 Å². The minimum atomic E-state index is -0.0309. The Balaban J connectivity index is 0.000000101. The first-order valence-electron chi connectivity index (χ1n) is 44.2. The molecule has 12 nitrogen and oxygen atoms in total. The molecule has 130 heavy (non-hydrogen) atoms. The number of rotatable bonds is 6. The van der Waals surface area contributed by atoms with Crippen LogP contribution in [0.25, 0.3) is 248 Å². The lowest BCUT2D eigenvalue weighted by Crippen LogP contribution is -2.14. The monoisotopic (exact) mass is 1660 g/mol. The third-order valence-corrected chi connectivity index (χ3v) is 27.3. The Kier molecular flexibility index (Phi) is 15.9. The number of aromatic nitrogens is 12. The highest BCUT2D eigenvalue weighted by atomic mass is 15.1. The van der Waals surface area contributed by atoms with Crippen LogP contribution in [-0.4, -0.2) is 57.2 Å². The number of hydrogen-bond donors (Lipinski definition) is 0. The Morgan fingerprint density at radius 1 is 0.215 bits per heavy atom. The first-order chi connectivity index (χ1) is 64.2. The van der Waals surface area contributed by atoms with E-state index in [1.54, 1.807) is 0 Å². The SMILES string of the molecule is CC1(C)c2ccccc2-c2ccc(-c3ccc4c5ccc6cccnc6c5c5nc6ccccc6n5c4c3)cc21.c1ccc(-n2c(-c3ccc(-c4ccc5c6ccc7cccnc7c6c6nc7ccccc7n6c5c4)cc3)nc3ccccc32)cc1.c1cnc2c(c1)ccc1c3ccc(-c4ccc(-n5c6ccccc6c6ccccc65)cc4)cc3n3c4ccccc4nc3c12. The largest absolute Gasteiger partial charge is 0.309 e. The van der Waals surface area contributed by atoms with Gasteiger partial charge in [-0.05, 0) is 199 Å². The summed E-state index contributed by atoms with van der Waals surface area (Å²) >= 11 is 0. The van der Waals surface area contributed by atoms with Crippen molar-refractivity contribution in [2.45, 2.75) is 19.3 Å². The normalized spacial score (nSPS) is 12.6. The van der Waals surface area contributed by atoms with E-state index in [1.807, 2.05) is 48.9 Å². The molecule has 0 aliphatic heterocycles. The fourth-order valence-corrected chi connectivity index (χ4v) is 21.2. The van der Waals surface area contributed by atoms with Gasteiger partial charge in [0.1, 0.15) is 22.8 Å². The zero-order valence-corrected chi connectivity index (χ0v) is 70.6. The molecule has 28 aromatic rings. The highest BCUT2D eigenvalue weighted by Crippen LogP contribution is 2.51. The van der Waals surface area contributed by atoms with E-state index in [0.717, 1.165) is 166 Å². The van der Waals surface area contributed by atoms with Gasteiger partial charge in [0.05, 0.1) is 104 Å². The summed E-state index contributed by atoms with van der Waals surface area (Å²) in [6.07, 6.45) is 5.62. The summed E-state index contributed by atoms with van der Waals surface area (Å²) in [5, 5.41) is 16.3. The predicted octanol–water partition coefficient (Wildman–Crippen LogP) is 29.4. The van der Waals surface area contributed by atoms with Crippen LogP contribution in [0.4, 0.5) is 0 Å². The first-order valence-corrected chi connectivity index (χ1v) is 44.2. The molecule has 0 radical (unpaired) electrons. The van der Waals surface area contributed by atoms with Crippen LogP contribution in [0.1, 0.15) is 25.0 Å². The summed E-state index contributed by atoms with van der Waals surface area (Å²) in [7, 11) is 0.